The van der Waals surface area contributed by atoms with Crippen LogP contribution in [0, 0.1) is 52.3 Å². The first-order chi connectivity index (χ1) is 14.6. The third kappa shape index (κ3) is 3.64. The molecule has 3 nitrogen and oxygen atoms in total. The Morgan fingerprint density at radius 1 is 1.06 bits per heavy atom. The summed E-state index contributed by atoms with van der Waals surface area (Å²) >= 11 is 0. The number of ketones is 1. The normalized spacial score (nSPS) is 43.5. The minimum atomic E-state index is -0.0359. The first-order valence-corrected chi connectivity index (χ1v) is 12.8. The summed E-state index contributed by atoms with van der Waals surface area (Å²) in [6.07, 6.45) is 14.4. The molecule has 1 N–H and O–H groups in total. The van der Waals surface area contributed by atoms with Crippen LogP contribution in [0.15, 0.2) is 29.0 Å². The van der Waals surface area contributed by atoms with Crippen LogP contribution >= 0.6 is 0 Å². The largest absolute Gasteiger partial charge is 0.411 e. The van der Waals surface area contributed by atoms with Crippen LogP contribution in [0.1, 0.15) is 86.5 Å². The maximum atomic E-state index is 13.3. The quantitative estimate of drug-likeness (QED) is 0.298. The summed E-state index contributed by atoms with van der Waals surface area (Å²) in [4.78, 5) is 13.3. The van der Waals surface area contributed by atoms with E-state index >= 15 is 0 Å². The van der Waals surface area contributed by atoms with Crippen molar-refractivity contribution in [1.29, 1.82) is 0 Å². The standard InChI is InChI=1S/C28H43NO2/c1-17(2)18(3)7-8-19(4)22-9-10-23-21-16-26(30)25-15-20(29-31)11-13-28(25,6)24(21)12-14-27(22,23)5/h7-8,15,17-19,21-24,31H,9-14,16H2,1-6H3/t18?,19-,21+,22-,23+,24+,27-,28-/m1/s1. The van der Waals surface area contributed by atoms with Gasteiger partial charge in [-0.2, -0.15) is 0 Å². The van der Waals surface area contributed by atoms with E-state index in [4.69, 9.17) is 0 Å². The molecule has 0 spiro atoms. The molecule has 4 aliphatic carbocycles. The number of hydrogen-bond donors (Lipinski definition) is 1. The molecule has 0 aromatic carbocycles. The van der Waals surface area contributed by atoms with Crippen LogP contribution in [0.4, 0.5) is 0 Å². The van der Waals surface area contributed by atoms with E-state index in [0.717, 1.165) is 24.3 Å². The first kappa shape index (κ1) is 22.8. The molecule has 172 valence electrons. The lowest BCUT2D eigenvalue weighted by molar-refractivity contribution is -0.128. The van der Waals surface area contributed by atoms with Crippen molar-refractivity contribution in [3.63, 3.8) is 0 Å². The topological polar surface area (TPSA) is 49.7 Å². The van der Waals surface area contributed by atoms with Gasteiger partial charge in [0.15, 0.2) is 5.78 Å². The molecule has 4 aliphatic rings. The van der Waals surface area contributed by atoms with E-state index in [1.54, 1.807) is 0 Å². The number of nitrogens with zero attached hydrogens (tertiary/aromatic N) is 1. The summed E-state index contributed by atoms with van der Waals surface area (Å²) in [6.45, 7) is 14.2. The lowest BCUT2D eigenvalue weighted by atomic mass is 9.46. The fourth-order valence-corrected chi connectivity index (χ4v) is 8.09. The zero-order chi connectivity index (χ0) is 22.6. The third-order valence-electron chi connectivity index (χ3n) is 10.4. The van der Waals surface area contributed by atoms with Gasteiger partial charge in [0.05, 0.1) is 5.71 Å². The Labute approximate surface area is 189 Å². The van der Waals surface area contributed by atoms with E-state index in [9.17, 15) is 10.0 Å². The minimum absolute atomic E-state index is 0.0359. The molecule has 0 amide bonds. The Hall–Kier alpha value is -1.38. The molecule has 0 bridgehead atoms. The van der Waals surface area contributed by atoms with Crippen LogP contribution in [-0.4, -0.2) is 16.7 Å². The Morgan fingerprint density at radius 3 is 2.48 bits per heavy atom. The molecule has 4 rings (SSSR count). The lowest BCUT2D eigenvalue weighted by Crippen LogP contribution is -2.53. The molecule has 3 fully saturated rings. The van der Waals surface area contributed by atoms with Crippen LogP contribution in [0.3, 0.4) is 0 Å². The summed E-state index contributed by atoms with van der Waals surface area (Å²) in [5, 5.41) is 12.7. The molecule has 0 aromatic rings. The second kappa shape index (κ2) is 8.19. The molecule has 0 saturated heterocycles. The Kier molecular flexibility index (Phi) is 6.03. The highest BCUT2D eigenvalue weighted by atomic mass is 16.4. The zero-order valence-corrected chi connectivity index (χ0v) is 20.5. The molecule has 31 heavy (non-hydrogen) atoms. The van der Waals surface area contributed by atoms with Gasteiger partial charge in [-0.3, -0.25) is 4.79 Å². The smallest absolute Gasteiger partial charge is 0.159 e. The van der Waals surface area contributed by atoms with E-state index in [0.29, 0.717) is 58.8 Å². The van der Waals surface area contributed by atoms with Crippen LogP contribution in [0.5, 0.6) is 0 Å². The van der Waals surface area contributed by atoms with E-state index in [1.807, 2.05) is 6.08 Å². The fraction of sp³-hybridized carbons (Fsp3) is 0.786. The third-order valence-corrected chi connectivity index (χ3v) is 10.4. The average Bonchev–Trinajstić information content (AvgIpc) is 3.09. The van der Waals surface area contributed by atoms with Gasteiger partial charge in [-0.25, -0.2) is 0 Å². The predicted molar refractivity (Wildman–Crippen MR) is 127 cm³/mol. The van der Waals surface area contributed by atoms with Gasteiger partial charge in [0.25, 0.3) is 0 Å². The molecular formula is C28H43NO2. The number of oxime groups is 1. The van der Waals surface area contributed by atoms with Crippen molar-refractivity contribution in [2.24, 2.45) is 57.4 Å². The van der Waals surface area contributed by atoms with Crippen LogP contribution in [0.2, 0.25) is 0 Å². The highest BCUT2D eigenvalue weighted by molar-refractivity contribution is 6.07. The maximum Gasteiger partial charge on any atom is 0.159 e. The minimum Gasteiger partial charge on any atom is -0.411 e. The van der Waals surface area contributed by atoms with Gasteiger partial charge in [0.1, 0.15) is 0 Å². The Bertz CT molecular complexity index is 808. The van der Waals surface area contributed by atoms with Crippen molar-refractivity contribution in [3.05, 3.63) is 23.8 Å². The van der Waals surface area contributed by atoms with Crippen LogP contribution < -0.4 is 0 Å². The summed E-state index contributed by atoms with van der Waals surface area (Å²) in [5.41, 5.74) is 1.95. The van der Waals surface area contributed by atoms with Crippen molar-refractivity contribution in [2.75, 3.05) is 0 Å². The van der Waals surface area contributed by atoms with Gasteiger partial charge in [-0.1, -0.05) is 58.9 Å². The van der Waals surface area contributed by atoms with Crippen LogP contribution in [0.25, 0.3) is 0 Å². The highest BCUT2D eigenvalue weighted by Crippen LogP contribution is 2.67. The van der Waals surface area contributed by atoms with E-state index < -0.39 is 0 Å². The molecule has 0 radical (unpaired) electrons. The van der Waals surface area contributed by atoms with Gasteiger partial charge >= 0.3 is 0 Å². The molecule has 0 aliphatic heterocycles. The molecule has 0 heterocycles. The van der Waals surface area contributed by atoms with Crippen molar-refractivity contribution >= 4 is 11.5 Å². The average molecular weight is 426 g/mol. The van der Waals surface area contributed by atoms with E-state index in [2.05, 4.69) is 58.9 Å². The van der Waals surface area contributed by atoms with Gasteiger partial charge in [0, 0.05) is 12.0 Å². The van der Waals surface area contributed by atoms with Crippen LogP contribution in [-0.2, 0) is 4.79 Å². The van der Waals surface area contributed by atoms with Gasteiger partial charge in [0.2, 0.25) is 0 Å². The summed E-state index contributed by atoms with van der Waals surface area (Å²) in [6, 6.07) is 0. The Balaban J connectivity index is 1.57. The van der Waals surface area contributed by atoms with E-state index in [-0.39, 0.29) is 5.41 Å². The summed E-state index contributed by atoms with van der Waals surface area (Å²) in [7, 11) is 0. The monoisotopic (exact) mass is 425 g/mol. The number of rotatable bonds is 4. The summed E-state index contributed by atoms with van der Waals surface area (Å²) in [5.74, 6) is 4.76. The van der Waals surface area contributed by atoms with Gasteiger partial charge in [-0.15, -0.1) is 0 Å². The Morgan fingerprint density at radius 2 is 1.81 bits per heavy atom. The number of carbonyl (C=O) groups is 1. The SMILES string of the molecule is CC(C)C(C)C=C[C@@H](C)[C@H]1CC[C@H]2[C@@H]3CC(=O)C4=CC(=NO)CC[C@]4(C)[C@H]3CC[C@]12C. The van der Waals surface area contributed by atoms with Crippen molar-refractivity contribution < 1.29 is 10.0 Å². The number of Topliss-reactive ketones (excluding diaryl/α,β-unsaturated/α-hetero) is 1. The second-order valence-electron chi connectivity index (χ2n) is 12.1. The van der Waals surface area contributed by atoms with Crippen molar-refractivity contribution in [1.82, 2.24) is 0 Å². The zero-order valence-electron chi connectivity index (χ0n) is 20.5. The number of hydrogen-bond acceptors (Lipinski definition) is 3. The molecular weight excluding hydrogens is 382 g/mol. The summed E-state index contributed by atoms with van der Waals surface area (Å²) < 4.78 is 0. The van der Waals surface area contributed by atoms with Gasteiger partial charge < -0.3 is 5.21 Å². The molecule has 3 saturated carbocycles. The van der Waals surface area contributed by atoms with Gasteiger partial charge in [-0.05, 0) is 96.9 Å². The predicted octanol–water partition coefficient (Wildman–Crippen LogP) is 7.06. The lowest BCUT2D eigenvalue weighted by Gasteiger charge is -2.58. The fourth-order valence-electron chi connectivity index (χ4n) is 8.09. The first-order valence-electron chi connectivity index (χ1n) is 12.8. The molecule has 3 heteroatoms. The highest BCUT2D eigenvalue weighted by Gasteiger charge is 2.60. The maximum absolute atomic E-state index is 13.3. The molecule has 8 atom stereocenters. The van der Waals surface area contributed by atoms with Crippen molar-refractivity contribution in [2.45, 2.75) is 86.5 Å². The number of carbonyl (C=O) groups excluding carboxylic acids is 1. The van der Waals surface area contributed by atoms with Crippen molar-refractivity contribution in [3.8, 4) is 0 Å². The number of allylic oxidation sites excluding steroid dienone is 4. The van der Waals surface area contributed by atoms with E-state index in [1.165, 1.54) is 25.7 Å². The number of fused-ring (bicyclic) bond motifs is 5. The molecule has 0 aromatic heterocycles. The second-order valence-corrected chi connectivity index (χ2v) is 12.1. The molecule has 1 unspecified atom stereocenters.